The van der Waals surface area contributed by atoms with Crippen molar-refractivity contribution in [2.24, 2.45) is 0 Å². The normalized spacial score (nSPS) is 16.1. The SMILES string of the molecule is O=C(NC1CCCc2c1cnn2Cc1ccc(Cl)cc1)c1cccnc1. The van der Waals surface area contributed by atoms with Crippen LogP contribution in [0.3, 0.4) is 0 Å². The maximum absolute atomic E-state index is 12.5. The average Bonchev–Trinajstić information content (AvgIpc) is 3.08. The number of hydrogen-bond donors (Lipinski definition) is 1. The van der Waals surface area contributed by atoms with Crippen molar-refractivity contribution in [1.82, 2.24) is 20.1 Å². The van der Waals surface area contributed by atoms with Gasteiger partial charge >= 0.3 is 0 Å². The first-order valence-electron chi connectivity index (χ1n) is 8.70. The molecule has 1 amide bonds. The van der Waals surface area contributed by atoms with E-state index in [1.54, 1.807) is 24.5 Å². The molecule has 1 N–H and O–H groups in total. The Morgan fingerprint density at radius 1 is 1.23 bits per heavy atom. The van der Waals surface area contributed by atoms with E-state index in [4.69, 9.17) is 11.6 Å². The Morgan fingerprint density at radius 3 is 2.85 bits per heavy atom. The Morgan fingerprint density at radius 2 is 2.08 bits per heavy atom. The molecule has 3 aromatic rings. The van der Waals surface area contributed by atoms with Crippen molar-refractivity contribution in [2.75, 3.05) is 0 Å². The Kier molecular flexibility index (Phi) is 4.71. The van der Waals surface area contributed by atoms with Crippen molar-refractivity contribution >= 4 is 17.5 Å². The van der Waals surface area contributed by atoms with E-state index >= 15 is 0 Å². The van der Waals surface area contributed by atoms with Gasteiger partial charge in [0.1, 0.15) is 0 Å². The number of carbonyl (C=O) groups is 1. The van der Waals surface area contributed by atoms with Gasteiger partial charge in [-0.1, -0.05) is 23.7 Å². The highest BCUT2D eigenvalue weighted by Crippen LogP contribution is 2.30. The van der Waals surface area contributed by atoms with Gasteiger partial charge in [0.05, 0.1) is 24.3 Å². The molecule has 0 aliphatic heterocycles. The quantitative estimate of drug-likeness (QED) is 0.764. The van der Waals surface area contributed by atoms with E-state index in [1.165, 1.54) is 5.69 Å². The lowest BCUT2D eigenvalue weighted by atomic mass is 9.92. The van der Waals surface area contributed by atoms with Gasteiger partial charge in [-0.05, 0) is 49.1 Å². The number of hydrogen-bond acceptors (Lipinski definition) is 3. The Balaban J connectivity index is 1.53. The smallest absolute Gasteiger partial charge is 0.253 e. The molecular formula is C20H19ClN4O. The molecule has 0 spiro atoms. The second-order valence-electron chi connectivity index (χ2n) is 6.49. The molecule has 5 nitrogen and oxygen atoms in total. The van der Waals surface area contributed by atoms with Crippen molar-refractivity contribution in [1.29, 1.82) is 0 Å². The molecule has 1 aliphatic carbocycles. The lowest BCUT2D eigenvalue weighted by Gasteiger charge is -2.24. The fourth-order valence-electron chi connectivity index (χ4n) is 3.41. The first kappa shape index (κ1) is 16.8. The van der Waals surface area contributed by atoms with Crippen molar-refractivity contribution in [3.8, 4) is 0 Å². The third-order valence-corrected chi connectivity index (χ3v) is 4.99. The van der Waals surface area contributed by atoms with E-state index < -0.39 is 0 Å². The van der Waals surface area contributed by atoms with E-state index in [-0.39, 0.29) is 11.9 Å². The zero-order chi connectivity index (χ0) is 17.9. The van der Waals surface area contributed by atoms with Gasteiger partial charge < -0.3 is 5.32 Å². The molecule has 1 atom stereocenters. The molecule has 132 valence electrons. The summed E-state index contributed by atoms with van der Waals surface area (Å²) in [6.07, 6.45) is 8.06. The van der Waals surface area contributed by atoms with Gasteiger partial charge in [0.2, 0.25) is 0 Å². The minimum absolute atomic E-state index is 0.00887. The summed E-state index contributed by atoms with van der Waals surface area (Å²) in [6, 6.07) is 11.3. The van der Waals surface area contributed by atoms with E-state index in [9.17, 15) is 4.79 Å². The van der Waals surface area contributed by atoms with Crippen LogP contribution in [0.4, 0.5) is 0 Å². The Hall–Kier alpha value is -2.66. The summed E-state index contributed by atoms with van der Waals surface area (Å²) in [5.41, 5.74) is 4.04. The third-order valence-electron chi connectivity index (χ3n) is 4.74. The highest BCUT2D eigenvalue weighted by Gasteiger charge is 2.26. The lowest BCUT2D eigenvalue weighted by Crippen LogP contribution is -2.31. The van der Waals surface area contributed by atoms with Crippen molar-refractivity contribution in [2.45, 2.75) is 31.8 Å². The largest absolute Gasteiger partial charge is 0.345 e. The summed E-state index contributed by atoms with van der Waals surface area (Å²) in [6.45, 7) is 0.704. The second kappa shape index (κ2) is 7.30. The van der Waals surface area contributed by atoms with Gasteiger partial charge in [0.15, 0.2) is 0 Å². The van der Waals surface area contributed by atoms with Crippen LogP contribution in [0.25, 0.3) is 0 Å². The molecule has 0 saturated carbocycles. The summed E-state index contributed by atoms with van der Waals surface area (Å²) in [4.78, 5) is 16.5. The predicted molar refractivity (Wildman–Crippen MR) is 100 cm³/mol. The molecule has 4 rings (SSSR count). The highest BCUT2D eigenvalue weighted by molar-refractivity contribution is 6.30. The zero-order valence-corrected chi connectivity index (χ0v) is 15.0. The van der Waals surface area contributed by atoms with Crippen molar-refractivity contribution < 1.29 is 4.79 Å². The number of pyridine rings is 1. The summed E-state index contributed by atoms with van der Waals surface area (Å²) in [5, 5.41) is 8.42. The number of carbonyl (C=O) groups excluding carboxylic acids is 1. The predicted octanol–water partition coefficient (Wildman–Crippen LogP) is 3.79. The standard InChI is InChI=1S/C20H19ClN4O/c21-16-8-6-14(7-9-16)13-25-19-5-1-4-18(17(19)12-23-25)24-20(26)15-3-2-10-22-11-15/h2-3,6-12,18H,1,4-5,13H2,(H,24,26). The van der Waals surface area contributed by atoms with Gasteiger partial charge in [-0.2, -0.15) is 5.10 Å². The Bertz CT molecular complexity index is 905. The Labute approximate surface area is 157 Å². The molecule has 0 bridgehead atoms. The van der Waals surface area contributed by atoms with Crippen molar-refractivity contribution in [3.63, 3.8) is 0 Å². The molecule has 26 heavy (non-hydrogen) atoms. The molecule has 1 unspecified atom stereocenters. The number of nitrogens with zero attached hydrogens (tertiary/aromatic N) is 3. The molecule has 1 aliphatic rings. The van der Waals surface area contributed by atoms with Crippen LogP contribution in [-0.4, -0.2) is 20.7 Å². The number of aromatic nitrogens is 3. The molecular weight excluding hydrogens is 348 g/mol. The van der Waals surface area contributed by atoms with Crippen LogP contribution < -0.4 is 5.32 Å². The number of halogens is 1. The average molecular weight is 367 g/mol. The van der Waals surface area contributed by atoms with E-state index in [0.29, 0.717) is 12.1 Å². The number of rotatable bonds is 4. The number of fused-ring (bicyclic) bond motifs is 1. The summed E-state index contributed by atoms with van der Waals surface area (Å²) in [5.74, 6) is -0.0959. The molecule has 2 heterocycles. The molecule has 2 aromatic heterocycles. The van der Waals surface area contributed by atoms with Crippen LogP contribution in [0.15, 0.2) is 55.0 Å². The third kappa shape index (κ3) is 3.48. The van der Waals surface area contributed by atoms with Gasteiger partial charge in [0, 0.05) is 28.7 Å². The lowest BCUT2D eigenvalue weighted by molar-refractivity contribution is 0.0932. The number of nitrogens with one attached hydrogen (secondary N) is 1. The van der Waals surface area contributed by atoms with Crippen molar-refractivity contribution in [3.05, 3.63) is 82.4 Å². The van der Waals surface area contributed by atoms with Gasteiger partial charge in [-0.15, -0.1) is 0 Å². The van der Waals surface area contributed by atoms with E-state index in [2.05, 4.69) is 15.4 Å². The number of amides is 1. The van der Waals surface area contributed by atoms with Gasteiger partial charge in [0.25, 0.3) is 5.91 Å². The van der Waals surface area contributed by atoms with Crippen LogP contribution >= 0.6 is 11.6 Å². The summed E-state index contributed by atoms with van der Waals surface area (Å²) in [7, 11) is 0. The topological polar surface area (TPSA) is 59.8 Å². The second-order valence-corrected chi connectivity index (χ2v) is 6.93. The molecule has 0 fully saturated rings. The highest BCUT2D eigenvalue weighted by atomic mass is 35.5. The van der Waals surface area contributed by atoms with Crippen LogP contribution in [0, 0.1) is 0 Å². The summed E-state index contributed by atoms with van der Waals surface area (Å²) >= 11 is 5.96. The first-order chi connectivity index (χ1) is 12.7. The number of benzene rings is 1. The molecule has 6 heteroatoms. The van der Waals surface area contributed by atoms with Gasteiger partial charge in [-0.3, -0.25) is 14.5 Å². The monoisotopic (exact) mass is 366 g/mol. The summed E-state index contributed by atoms with van der Waals surface area (Å²) < 4.78 is 2.03. The van der Waals surface area contributed by atoms with E-state index in [1.807, 2.05) is 35.1 Å². The van der Waals surface area contributed by atoms with E-state index in [0.717, 1.165) is 35.4 Å². The first-order valence-corrected chi connectivity index (χ1v) is 9.08. The molecule has 1 aromatic carbocycles. The minimum Gasteiger partial charge on any atom is -0.345 e. The minimum atomic E-state index is -0.0959. The van der Waals surface area contributed by atoms with Crippen LogP contribution in [0.2, 0.25) is 5.02 Å². The molecule has 0 radical (unpaired) electrons. The van der Waals surface area contributed by atoms with Crippen LogP contribution in [0.1, 0.15) is 46.1 Å². The fourth-order valence-corrected chi connectivity index (χ4v) is 3.53. The molecule has 0 saturated heterocycles. The maximum atomic E-state index is 12.5. The van der Waals surface area contributed by atoms with Crippen LogP contribution in [-0.2, 0) is 13.0 Å². The maximum Gasteiger partial charge on any atom is 0.253 e. The van der Waals surface area contributed by atoms with Crippen LogP contribution in [0.5, 0.6) is 0 Å². The van der Waals surface area contributed by atoms with Gasteiger partial charge in [-0.25, -0.2) is 0 Å². The zero-order valence-electron chi connectivity index (χ0n) is 14.2. The fraction of sp³-hybridized carbons (Fsp3) is 0.250.